The molecular formula is C23H20N6O2. The van der Waals surface area contributed by atoms with Gasteiger partial charge in [0.15, 0.2) is 5.65 Å². The van der Waals surface area contributed by atoms with Gasteiger partial charge in [-0.15, -0.1) is 0 Å². The summed E-state index contributed by atoms with van der Waals surface area (Å²) in [5.74, 6) is 0.836. The number of hydrogen-bond donors (Lipinski definition) is 0. The molecule has 0 aliphatic heterocycles. The quantitative estimate of drug-likeness (QED) is 0.438. The summed E-state index contributed by atoms with van der Waals surface area (Å²) in [5.41, 5.74) is 4.34. The van der Waals surface area contributed by atoms with Crippen LogP contribution in [0.15, 0.2) is 70.4 Å². The van der Waals surface area contributed by atoms with E-state index in [9.17, 15) is 4.79 Å². The Morgan fingerprint density at radius 1 is 1.06 bits per heavy atom. The predicted octanol–water partition coefficient (Wildman–Crippen LogP) is 3.55. The van der Waals surface area contributed by atoms with Crippen LogP contribution in [0.4, 0.5) is 0 Å². The van der Waals surface area contributed by atoms with E-state index in [1.54, 1.807) is 10.9 Å². The summed E-state index contributed by atoms with van der Waals surface area (Å²) in [6.45, 7) is 4.23. The Hall–Kier alpha value is -4.07. The van der Waals surface area contributed by atoms with Crippen LogP contribution < -0.4 is 5.56 Å². The molecule has 0 fully saturated rings. The third kappa shape index (κ3) is 3.42. The summed E-state index contributed by atoms with van der Waals surface area (Å²) in [4.78, 5) is 21.9. The molecule has 5 aromatic rings. The van der Waals surface area contributed by atoms with Crippen molar-refractivity contribution in [2.24, 2.45) is 0 Å². The Labute approximate surface area is 177 Å². The number of aryl methyl sites for hydroxylation is 2. The molecule has 8 heteroatoms. The highest BCUT2D eigenvalue weighted by Gasteiger charge is 2.15. The lowest BCUT2D eigenvalue weighted by Crippen LogP contribution is -2.21. The molecule has 0 atom stereocenters. The van der Waals surface area contributed by atoms with E-state index >= 15 is 0 Å². The summed E-state index contributed by atoms with van der Waals surface area (Å²) < 4.78 is 8.49. The van der Waals surface area contributed by atoms with Crippen molar-refractivity contribution in [2.75, 3.05) is 0 Å². The second kappa shape index (κ2) is 7.64. The first-order valence-corrected chi connectivity index (χ1v) is 10.0. The highest BCUT2D eigenvalue weighted by atomic mass is 16.5. The maximum Gasteiger partial charge on any atom is 0.264 e. The zero-order valence-corrected chi connectivity index (χ0v) is 17.2. The van der Waals surface area contributed by atoms with Crippen molar-refractivity contribution in [3.8, 4) is 17.1 Å². The summed E-state index contributed by atoms with van der Waals surface area (Å²) in [6, 6.07) is 15.9. The van der Waals surface area contributed by atoms with Gasteiger partial charge in [-0.25, -0.2) is 9.67 Å². The molecule has 0 N–H and O–H groups in total. The van der Waals surface area contributed by atoms with Crippen LogP contribution in [0.5, 0.6) is 0 Å². The number of benzene rings is 2. The molecule has 0 saturated heterocycles. The summed E-state index contributed by atoms with van der Waals surface area (Å²) >= 11 is 0. The van der Waals surface area contributed by atoms with Crippen LogP contribution in [0.2, 0.25) is 0 Å². The fourth-order valence-corrected chi connectivity index (χ4v) is 3.52. The van der Waals surface area contributed by atoms with Crippen molar-refractivity contribution in [2.45, 2.75) is 26.8 Å². The molecule has 0 radical (unpaired) electrons. The maximum atomic E-state index is 13.0. The van der Waals surface area contributed by atoms with Crippen LogP contribution in [-0.2, 0) is 13.0 Å². The number of fused-ring (bicyclic) bond motifs is 1. The lowest BCUT2D eigenvalue weighted by Gasteiger charge is -2.05. The summed E-state index contributed by atoms with van der Waals surface area (Å²) in [7, 11) is 0. The highest BCUT2D eigenvalue weighted by Crippen LogP contribution is 2.20. The van der Waals surface area contributed by atoms with Crippen molar-refractivity contribution < 1.29 is 4.52 Å². The lowest BCUT2D eigenvalue weighted by molar-refractivity contribution is 0.369. The van der Waals surface area contributed by atoms with Crippen LogP contribution in [0.25, 0.3) is 28.1 Å². The summed E-state index contributed by atoms with van der Waals surface area (Å²) in [5, 5.41) is 8.86. The molecule has 31 heavy (non-hydrogen) atoms. The minimum absolute atomic E-state index is 0.136. The maximum absolute atomic E-state index is 13.0. The van der Waals surface area contributed by atoms with Crippen molar-refractivity contribution in [3.05, 3.63) is 88.4 Å². The molecule has 3 aromatic heterocycles. The average molecular weight is 412 g/mol. The molecule has 8 nitrogen and oxygen atoms in total. The van der Waals surface area contributed by atoms with E-state index in [1.807, 2.05) is 55.5 Å². The smallest absolute Gasteiger partial charge is 0.264 e. The van der Waals surface area contributed by atoms with Crippen LogP contribution in [-0.4, -0.2) is 29.5 Å². The van der Waals surface area contributed by atoms with E-state index in [0.29, 0.717) is 22.7 Å². The average Bonchev–Trinajstić information content (AvgIpc) is 3.44. The van der Waals surface area contributed by atoms with Gasteiger partial charge in [0.25, 0.3) is 5.56 Å². The SMILES string of the molecule is CCc1ccc(-n2ncc3c(=O)n(Cc4nc(-c5ccccc5C)no4)cnc32)cc1. The Morgan fingerprint density at radius 2 is 1.87 bits per heavy atom. The van der Waals surface area contributed by atoms with Crippen molar-refractivity contribution in [3.63, 3.8) is 0 Å². The van der Waals surface area contributed by atoms with Gasteiger partial charge in [0, 0.05) is 5.56 Å². The minimum atomic E-state index is -0.211. The Kier molecular flexibility index (Phi) is 4.66. The predicted molar refractivity (Wildman–Crippen MR) is 116 cm³/mol. The Morgan fingerprint density at radius 3 is 2.65 bits per heavy atom. The van der Waals surface area contributed by atoms with Crippen LogP contribution in [0.3, 0.4) is 0 Å². The van der Waals surface area contributed by atoms with E-state index in [0.717, 1.165) is 23.2 Å². The van der Waals surface area contributed by atoms with Gasteiger partial charge in [0.05, 0.1) is 11.9 Å². The Bertz CT molecular complexity index is 1430. The highest BCUT2D eigenvalue weighted by molar-refractivity contribution is 5.75. The van der Waals surface area contributed by atoms with E-state index in [4.69, 9.17) is 4.52 Å². The molecule has 0 spiro atoms. The molecule has 154 valence electrons. The molecule has 0 aliphatic carbocycles. The third-order valence-corrected chi connectivity index (χ3v) is 5.30. The zero-order valence-electron chi connectivity index (χ0n) is 17.2. The van der Waals surface area contributed by atoms with Gasteiger partial charge in [0.2, 0.25) is 11.7 Å². The van der Waals surface area contributed by atoms with Gasteiger partial charge in [-0.2, -0.15) is 10.1 Å². The van der Waals surface area contributed by atoms with Crippen molar-refractivity contribution in [1.82, 2.24) is 29.5 Å². The molecule has 0 bridgehead atoms. The molecule has 0 unspecified atom stereocenters. The zero-order chi connectivity index (χ0) is 21.4. The molecule has 5 rings (SSSR count). The first-order valence-electron chi connectivity index (χ1n) is 10.0. The van der Waals surface area contributed by atoms with Gasteiger partial charge >= 0.3 is 0 Å². The van der Waals surface area contributed by atoms with Gasteiger partial charge in [-0.1, -0.05) is 48.5 Å². The molecule has 2 aromatic carbocycles. The molecule has 0 aliphatic rings. The van der Waals surface area contributed by atoms with Crippen LogP contribution in [0, 0.1) is 6.92 Å². The van der Waals surface area contributed by atoms with Gasteiger partial charge in [-0.05, 0) is 36.6 Å². The van der Waals surface area contributed by atoms with Crippen LogP contribution >= 0.6 is 0 Å². The van der Waals surface area contributed by atoms with Crippen LogP contribution in [0.1, 0.15) is 23.9 Å². The lowest BCUT2D eigenvalue weighted by atomic mass is 10.1. The molecular weight excluding hydrogens is 392 g/mol. The standard InChI is InChI=1S/C23H20N6O2/c1-3-16-8-10-17(11-9-16)29-22-19(12-25-29)23(30)28(14-24-22)13-20-26-21(27-31-20)18-7-5-4-6-15(18)2/h4-12,14H,3,13H2,1-2H3. The second-order valence-electron chi connectivity index (χ2n) is 7.32. The first kappa shape index (κ1) is 18.9. The number of hydrogen-bond acceptors (Lipinski definition) is 6. The Balaban J connectivity index is 1.46. The minimum Gasteiger partial charge on any atom is -0.337 e. The second-order valence-corrected chi connectivity index (χ2v) is 7.32. The van der Waals surface area contributed by atoms with Gasteiger partial charge in [0.1, 0.15) is 18.3 Å². The third-order valence-electron chi connectivity index (χ3n) is 5.30. The van der Waals surface area contributed by atoms with E-state index in [-0.39, 0.29) is 12.1 Å². The topological polar surface area (TPSA) is 91.6 Å². The van der Waals surface area contributed by atoms with E-state index in [1.165, 1.54) is 16.5 Å². The van der Waals surface area contributed by atoms with Gasteiger partial charge < -0.3 is 4.52 Å². The summed E-state index contributed by atoms with van der Waals surface area (Å²) in [6.07, 6.45) is 3.99. The number of nitrogens with zero attached hydrogens (tertiary/aromatic N) is 6. The number of aromatic nitrogens is 6. The van der Waals surface area contributed by atoms with E-state index < -0.39 is 0 Å². The largest absolute Gasteiger partial charge is 0.337 e. The van der Waals surface area contributed by atoms with E-state index in [2.05, 4.69) is 27.1 Å². The molecule has 0 amide bonds. The van der Waals surface area contributed by atoms with Crippen molar-refractivity contribution >= 4 is 11.0 Å². The fraction of sp³-hybridized carbons (Fsp3) is 0.174. The molecule has 0 saturated carbocycles. The van der Waals surface area contributed by atoms with Gasteiger partial charge in [-0.3, -0.25) is 9.36 Å². The number of rotatable bonds is 5. The first-order chi connectivity index (χ1) is 15.1. The monoisotopic (exact) mass is 412 g/mol. The molecule has 3 heterocycles. The normalized spacial score (nSPS) is 11.3. The fourth-order valence-electron chi connectivity index (χ4n) is 3.52. The van der Waals surface area contributed by atoms with Crippen molar-refractivity contribution in [1.29, 1.82) is 0 Å².